The topological polar surface area (TPSA) is 231 Å². The lowest BCUT2D eigenvalue weighted by atomic mass is 10.1. The Bertz CT molecular complexity index is 1820. The van der Waals surface area contributed by atoms with E-state index in [1.165, 1.54) is 77.0 Å². The molecule has 18 heteroatoms. The summed E-state index contributed by atoms with van der Waals surface area (Å²) in [5, 5.41) is 20.5. The summed E-state index contributed by atoms with van der Waals surface area (Å²) in [4.78, 5) is 58.1. The zero-order valence-corrected chi connectivity index (χ0v) is 53.6. The highest BCUT2D eigenvalue weighted by Crippen LogP contribution is 2.45. The molecule has 0 saturated carbocycles. The van der Waals surface area contributed by atoms with Crippen LogP contribution in [0.3, 0.4) is 0 Å². The van der Waals surface area contributed by atoms with E-state index in [0.29, 0.717) is 19.3 Å². The van der Waals surface area contributed by atoms with E-state index in [-0.39, 0.29) is 19.3 Å². The predicted molar refractivity (Wildman–Crippen MR) is 335 cm³/mol. The van der Waals surface area contributed by atoms with Crippen LogP contribution in [-0.4, -0.2) is 95.9 Å². The number of carbonyl (C=O) groups excluding carboxylic acids is 3. The van der Waals surface area contributed by atoms with Gasteiger partial charge in [0.15, 0.2) is 6.10 Å². The molecule has 0 aromatic heterocycles. The molecular weight excluding hydrogens is 1100 g/mol. The minimum Gasteiger partial charge on any atom is -0.463 e. The molecule has 0 aliphatic carbocycles. The first-order valence-electron chi connectivity index (χ1n) is 32.2. The molecule has 0 aliphatic rings. The smallest absolute Gasteiger partial charge is 0.463 e. The Morgan fingerprint density at radius 2 is 0.614 bits per heavy atom. The third-order valence-corrected chi connectivity index (χ3v) is 15.3. The molecule has 0 heterocycles. The Hall–Kier alpha value is -3.01. The molecule has 0 saturated heterocycles. The van der Waals surface area contributed by atoms with E-state index in [1.54, 1.807) is 0 Å². The molecule has 0 spiro atoms. The second-order valence-corrected chi connectivity index (χ2v) is 24.5. The standard InChI is InChI=1S/C65H116O16P2/c1-4-7-10-13-16-19-22-24-26-27-28-29-30-31-33-35-37-39-42-45-48-51-63(68)75-54-60(66)55-77-82(71,72)78-56-61(67)57-79-83(73,74)80-59-62(81-65(70)53-50-47-44-41-36-21-18-15-12-9-6-3)58-76-64(69)52-49-46-43-40-38-34-32-25-23-20-17-14-11-8-5-2/h15-16,18-19,24-26,28-29,31-33,60-62,66-67H,4-14,17,20-23,27,30,34-59H2,1-3H3,(H,71,72)(H,73,74)/b18-15-,19-16-,26-24-,29-28-,32-25-,33-31-. The zero-order valence-electron chi connectivity index (χ0n) is 51.9. The van der Waals surface area contributed by atoms with E-state index in [0.717, 1.165) is 128 Å². The van der Waals surface area contributed by atoms with Crippen LogP contribution in [0.15, 0.2) is 72.9 Å². The van der Waals surface area contributed by atoms with E-state index in [4.69, 9.17) is 32.3 Å². The molecule has 4 N–H and O–H groups in total. The van der Waals surface area contributed by atoms with Gasteiger partial charge >= 0.3 is 33.6 Å². The molecule has 0 aliphatic heterocycles. The van der Waals surface area contributed by atoms with Gasteiger partial charge in [-0.25, -0.2) is 9.13 Å². The van der Waals surface area contributed by atoms with Crippen LogP contribution in [0.5, 0.6) is 0 Å². The van der Waals surface area contributed by atoms with Gasteiger partial charge in [0.05, 0.1) is 26.4 Å². The van der Waals surface area contributed by atoms with Crippen molar-refractivity contribution in [3.8, 4) is 0 Å². The molecule has 0 aromatic carbocycles. The lowest BCUT2D eigenvalue weighted by molar-refractivity contribution is -0.161. The van der Waals surface area contributed by atoms with E-state index < -0.39 is 91.5 Å². The molecule has 5 unspecified atom stereocenters. The highest BCUT2D eigenvalue weighted by atomic mass is 31.2. The molecule has 83 heavy (non-hydrogen) atoms. The SMILES string of the molecule is CCCC/C=C\CCCCCCCC(=O)OC(COC(=O)CCCCCCC/C=C\CCCCCCCC)COP(=O)(O)OCC(O)COP(=O)(O)OCC(O)COC(=O)CCCCCCC/C=C\C/C=C\C/C=C\C/C=C\CCCCC. The van der Waals surface area contributed by atoms with Gasteiger partial charge in [-0.1, -0.05) is 209 Å². The fraction of sp³-hybridized carbons (Fsp3) is 0.769. The maximum atomic E-state index is 12.8. The van der Waals surface area contributed by atoms with Crippen LogP contribution in [0.1, 0.15) is 265 Å². The number of aliphatic hydroxyl groups excluding tert-OH is 2. The van der Waals surface area contributed by atoms with Gasteiger partial charge in [-0.05, 0) is 109 Å². The zero-order chi connectivity index (χ0) is 61.0. The summed E-state index contributed by atoms with van der Waals surface area (Å²) in [6.45, 7) is 2.55. The monoisotopic (exact) mass is 1210 g/mol. The summed E-state index contributed by atoms with van der Waals surface area (Å²) in [6, 6.07) is 0. The van der Waals surface area contributed by atoms with Gasteiger partial charge in [0.2, 0.25) is 0 Å². The average molecular weight is 1220 g/mol. The summed E-state index contributed by atoms with van der Waals surface area (Å²) in [5.74, 6) is -1.61. The van der Waals surface area contributed by atoms with Gasteiger partial charge in [-0.2, -0.15) is 0 Å². The third kappa shape index (κ3) is 60.5. The molecule has 482 valence electrons. The van der Waals surface area contributed by atoms with Crippen LogP contribution in [0.2, 0.25) is 0 Å². The van der Waals surface area contributed by atoms with Gasteiger partial charge < -0.3 is 34.2 Å². The second kappa shape index (κ2) is 59.3. The minimum absolute atomic E-state index is 0.0935. The maximum Gasteiger partial charge on any atom is 0.472 e. The molecule has 0 fully saturated rings. The maximum absolute atomic E-state index is 12.8. The Balaban J connectivity index is 4.59. The number of phosphoric ester groups is 2. The summed E-state index contributed by atoms with van der Waals surface area (Å²) < 4.78 is 60.7. The number of phosphoric acid groups is 2. The number of unbranched alkanes of at least 4 members (excludes halogenated alkanes) is 26. The average Bonchev–Trinajstić information content (AvgIpc) is 3.46. The first kappa shape index (κ1) is 80.0. The second-order valence-electron chi connectivity index (χ2n) is 21.6. The first-order chi connectivity index (χ1) is 40.2. The van der Waals surface area contributed by atoms with Crippen LogP contribution < -0.4 is 0 Å². The van der Waals surface area contributed by atoms with E-state index in [1.807, 2.05) is 0 Å². The number of esters is 3. The summed E-state index contributed by atoms with van der Waals surface area (Å²) in [7, 11) is -9.77. The fourth-order valence-electron chi connectivity index (χ4n) is 8.35. The quantitative estimate of drug-likeness (QED) is 0.0146. The number of allylic oxidation sites excluding steroid dienone is 12. The molecule has 0 amide bonds. The van der Waals surface area contributed by atoms with Crippen molar-refractivity contribution in [1.82, 2.24) is 0 Å². The number of rotatable bonds is 61. The summed E-state index contributed by atoms with van der Waals surface area (Å²) in [6.07, 6.45) is 59.7. The van der Waals surface area contributed by atoms with Crippen molar-refractivity contribution < 1.29 is 75.8 Å². The van der Waals surface area contributed by atoms with Gasteiger partial charge in [0.1, 0.15) is 25.4 Å². The highest BCUT2D eigenvalue weighted by Gasteiger charge is 2.29. The van der Waals surface area contributed by atoms with Crippen molar-refractivity contribution in [1.29, 1.82) is 0 Å². The van der Waals surface area contributed by atoms with Crippen molar-refractivity contribution in [3.63, 3.8) is 0 Å². The van der Waals surface area contributed by atoms with Crippen molar-refractivity contribution in [2.75, 3.05) is 39.6 Å². The number of hydrogen-bond acceptors (Lipinski definition) is 14. The van der Waals surface area contributed by atoms with Crippen LogP contribution in [0.25, 0.3) is 0 Å². The summed E-state index contributed by atoms with van der Waals surface area (Å²) in [5.41, 5.74) is 0. The normalized spacial score (nSPS) is 14.8. The van der Waals surface area contributed by atoms with Crippen LogP contribution >= 0.6 is 15.6 Å². The third-order valence-electron chi connectivity index (χ3n) is 13.4. The molecular formula is C65H116O16P2. The summed E-state index contributed by atoms with van der Waals surface area (Å²) >= 11 is 0. The number of aliphatic hydroxyl groups is 2. The number of ether oxygens (including phenoxy) is 3. The minimum atomic E-state index is -4.92. The predicted octanol–water partition coefficient (Wildman–Crippen LogP) is 17.2. The van der Waals surface area contributed by atoms with E-state index >= 15 is 0 Å². The van der Waals surface area contributed by atoms with Gasteiger partial charge in [0, 0.05) is 19.3 Å². The van der Waals surface area contributed by atoms with Crippen molar-refractivity contribution in [3.05, 3.63) is 72.9 Å². The van der Waals surface area contributed by atoms with Crippen molar-refractivity contribution >= 4 is 33.6 Å². The Kier molecular flexibility index (Phi) is 57.2. The Morgan fingerprint density at radius 1 is 0.337 bits per heavy atom. The van der Waals surface area contributed by atoms with Crippen molar-refractivity contribution in [2.24, 2.45) is 0 Å². The van der Waals surface area contributed by atoms with Crippen molar-refractivity contribution in [2.45, 2.75) is 283 Å². The first-order valence-corrected chi connectivity index (χ1v) is 35.2. The Labute approximate surface area is 503 Å². The fourth-order valence-corrected chi connectivity index (χ4v) is 9.94. The molecule has 16 nitrogen and oxygen atoms in total. The number of carbonyl (C=O) groups is 3. The van der Waals surface area contributed by atoms with E-state index in [2.05, 4.69) is 93.7 Å². The van der Waals surface area contributed by atoms with Crippen LogP contribution in [0, 0.1) is 0 Å². The van der Waals surface area contributed by atoms with Gasteiger partial charge in [0.25, 0.3) is 0 Å². The highest BCUT2D eigenvalue weighted by molar-refractivity contribution is 7.47. The Morgan fingerprint density at radius 3 is 1.02 bits per heavy atom. The van der Waals surface area contributed by atoms with Gasteiger partial charge in [-0.15, -0.1) is 0 Å². The molecule has 0 rings (SSSR count). The molecule has 0 aromatic rings. The van der Waals surface area contributed by atoms with Crippen LogP contribution in [-0.2, 0) is 55.8 Å². The molecule has 0 bridgehead atoms. The molecule has 0 radical (unpaired) electrons. The largest absolute Gasteiger partial charge is 0.472 e. The van der Waals surface area contributed by atoms with E-state index in [9.17, 15) is 43.5 Å². The lowest BCUT2D eigenvalue weighted by Crippen LogP contribution is -2.30. The number of hydrogen-bond donors (Lipinski definition) is 4. The van der Waals surface area contributed by atoms with Crippen LogP contribution in [0.4, 0.5) is 0 Å². The molecule has 5 atom stereocenters. The van der Waals surface area contributed by atoms with Gasteiger partial charge in [-0.3, -0.25) is 32.5 Å². The lowest BCUT2D eigenvalue weighted by Gasteiger charge is -2.21.